The lowest BCUT2D eigenvalue weighted by Crippen LogP contribution is -2.64. The van der Waals surface area contributed by atoms with Gasteiger partial charge in [0.15, 0.2) is 29.7 Å². The number of aromatic hydroxyl groups is 3. The molecular weight excluding hydrogens is 576 g/mol. The molecule has 0 aromatic heterocycles. The van der Waals surface area contributed by atoms with Gasteiger partial charge in [-0.1, -0.05) is 6.07 Å². The summed E-state index contributed by atoms with van der Waals surface area (Å²) in [5.74, 6) is -2.04. The Morgan fingerprint density at radius 3 is 2.12 bits per heavy atom. The molecule has 2 fully saturated rings. The van der Waals surface area contributed by atoms with Crippen LogP contribution >= 0.6 is 0 Å². The molecule has 43 heavy (non-hydrogen) atoms. The molecule has 2 heterocycles. The highest BCUT2D eigenvalue weighted by Crippen LogP contribution is 2.37. The lowest BCUT2D eigenvalue weighted by molar-refractivity contribution is -0.354. The fraction of sp³-hybridized carbons (Fsp3) is 0.536. The van der Waals surface area contributed by atoms with Gasteiger partial charge in [0, 0.05) is 18.6 Å². The van der Waals surface area contributed by atoms with Gasteiger partial charge in [0.2, 0.25) is 6.29 Å². The van der Waals surface area contributed by atoms with Crippen LogP contribution in [0.1, 0.15) is 29.3 Å². The SMILES string of the molecule is COc1ccc(CCC(=O)c2c(O)cc(OC3O[C@H](CO)C(O)[C@H](O)C3O[C@@H]3O[C@@H](C)[C@H](O)[C@@H](O)[C@H]3O)cc2O)cc1O. The average Bonchev–Trinajstić information content (AvgIpc) is 2.96. The average molecular weight is 613 g/mol. The van der Waals surface area contributed by atoms with Crippen LogP contribution in [0.15, 0.2) is 30.3 Å². The highest BCUT2D eigenvalue weighted by molar-refractivity contribution is 6.01. The molecule has 3 unspecified atom stereocenters. The van der Waals surface area contributed by atoms with Crippen LogP contribution in [0.25, 0.3) is 0 Å². The van der Waals surface area contributed by atoms with Crippen LogP contribution in [0.3, 0.4) is 0 Å². The second-order valence-corrected chi connectivity index (χ2v) is 10.4. The number of phenols is 3. The van der Waals surface area contributed by atoms with Crippen LogP contribution in [-0.4, -0.2) is 127 Å². The third-order valence-corrected chi connectivity index (χ3v) is 7.41. The summed E-state index contributed by atoms with van der Waals surface area (Å²) in [6, 6.07) is 6.59. The molecule has 10 atom stereocenters. The Kier molecular flexibility index (Phi) is 10.3. The van der Waals surface area contributed by atoms with Crippen LogP contribution in [0, 0.1) is 0 Å². The summed E-state index contributed by atoms with van der Waals surface area (Å²) >= 11 is 0. The number of Topliss-reactive ketones (excluding diaryl/α,β-unsaturated/α-hetero) is 1. The molecule has 0 amide bonds. The number of aliphatic hydroxyl groups excluding tert-OH is 6. The Morgan fingerprint density at radius 2 is 1.51 bits per heavy atom. The van der Waals surface area contributed by atoms with Crippen molar-refractivity contribution in [3.63, 3.8) is 0 Å². The number of phenolic OH excluding ortho intramolecular Hbond substituents is 3. The van der Waals surface area contributed by atoms with Gasteiger partial charge in [-0.15, -0.1) is 0 Å². The molecule has 0 bridgehead atoms. The van der Waals surface area contributed by atoms with Gasteiger partial charge in [0.05, 0.1) is 19.8 Å². The minimum absolute atomic E-state index is 0.110. The molecule has 0 aliphatic carbocycles. The number of hydrogen-bond acceptors (Lipinski definition) is 15. The number of carbonyl (C=O) groups excluding carboxylic acids is 1. The molecule has 0 spiro atoms. The van der Waals surface area contributed by atoms with Crippen molar-refractivity contribution in [2.24, 2.45) is 0 Å². The summed E-state index contributed by atoms with van der Waals surface area (Å²) in [5, 5.41) is 92.3. The minimum Gasteiger partial charge on any atom is -0.507 e. The van der Waals surface area contributed by atoms with E-state index in [9.17, 15) is 50.8 Å². The van der Waals surface area contributed by atoms with Gasteiger partial charge in [-0.2, -0.15) is 0 Å². The van der Waals surface area contributed by atoms with Gasteiger partial charge in [-0.3, -0.25) is 4.79 Å². The van der Waals surface area contributed by atoms with E-state index in [0.29, 0.717) is 5.56 Å². The third kappa shape index (κ3) is 6.95. The molecular formula is C28H36O15. The highest BCUT2D eigenvalue weighted by Gasteiger charge is 2.51. The fourth-order valence-corrected chi connectivity index (χ4v) is 4.93. The maximum Gasteiger partial charge on any atom is 0.229 e. The van der Waals surface area contributed by atoms with Crippen LogP contribution in [-0.2, 0) is 20.6 Å². The first-order valence-corrected chi connectivity index (χ1v) is 13.5. The fourth-order valence-electron chi connectivity index (χ4n) is 4.93. The zero-order valence-electron chi connectivity index (χ0n) is 23.3. The van der Waals surface area contributed by atoms with Gasteiger partial charge < -0.3 is 69.6 Å². The molecule has 2 saturated heterocycles. The first kappa shape index (κ1) is 32.7. The maximum atomic E-state index is 12.9. The first-order chi connectivity index (χ1) is 20.4. The standard InChI is InChI=1S/C28H36O15/c1-11-21(34)23(36)25(38)27(40-11)43-26-24(37)22(35)19(10-29)42-28(26)41-13-8-16(32)20(17(33)9-13)14(30)5-3-12-4-6-18(39-2)15(31)7-12/h4,6-9,11,19,21-29,31-38H,3,5,10H2,1-2H3/t11-,19+,21-,22?,23+,24-,25+,26?,27-,28?/m0/s1. The monoisotopic (exact) mass is 612 g/mol. The van der Waals surface area contributed by atoms with E-state index < -0.39 is 90.9 Å². The van der Waals surface area contributed by atoms with Crippen molar-refractivity contribution in [1.29, 1.82) is 0 Å². The highest BCUT2D eigenvalue weighted by atomic mass is 16.8. The van der Waals surface area contributed by atoms with Crippen LogP contribution in [0.4, 0.5) is 0 Å². The molecule has 2 aromatic carbocycles. The minimum atomic E-state index is -1.79. The Labute approximate surface area is 245 Å². The molecule has 4 rings (SSSR count). The number of carbonyl (C=O) groups is 1. The van der Waals surface area contributed by atoms with Gasteiger partial charge in [0.25, 0.3) is 0 Å². The predicted molar refractivity (Wildman–Crippen MR) is 143 cm³/mol. The molecule has 2 aliphatic heterocycles. The number of ketones is 1. The topological polar surface area (TPSA) is 245 Å². The quantitative estimate of drug-likeness (QED) is 0.141. The summed E-state index contributed by atoms with van der Waals surface area (Å²) in [7, 11) is 1.40. The van der Waals surface area contributed by atoms with E-state index in [4.69, 9.17) is 23.7 Å². The van der Waals surface area contributed by atoms with Crippen LogP contribution < -0.4 is 9.47 Å². The number of aryl methyl sites for hydroxylation is 1. The Balaban J connectivity index is 1.51. The van der Waals surface area contributed by atoms with E-state index >= 15 is 0 Å². The molecule has 0 saturated carbocycles. The van der Waals surface area contributed by atoms with E-state index in [1.165, 1.54) is 26.2 Å². The largest absolute Gasteiger partial charge is 0.507 e. The molecule has 2 aromatic rings. The number of rotatable bonds is 10. The smallest absolute Gasteiger partial charge is 0.229 e. The Hall–Kier alpha value is -3.25. The second kappa shape index (κ2) is 13.6. The summed E-state index contributed by atoms with van der Waals surface area (Å²) in [5.41, 5.74) is 0.208. The number of hydrogen-bond donors (Lipinski definition) is 9. The number of aliphatic hydroxyl groups is 6. The van der Waals surface area contributed by atoms with Crippen LogP contribution in [0.5, 0.6) is 28.7 Å². The van der Waals surface area contributed by atoms with Gasteiger partial charge in [-0.05, 0) is 31.0 Å². The van der Waals surface area contributed by atoms with E-state index in [0.717, 1.165) is 12.1 Å². The second-order valence-electron chi connectivity index (χ2n) is 10.4. The zero-order valence-corrected chi connectivity index (χ0v) is 23.3. The van der Waals surface area contributed by atoms with E-state index in [2.05, 4.69) is 0 Å². The Morgan fingerprint density at radius 1 is 0.837 bits per heavy atom. The number of benzene rings is 2. The van der Waals surface area contributed by atoms with Crippen molar-refractivity contribution in [3.05, 3.63) is 41.5 Å². The first-order valence-electron chi connectivity index (χ1n) is 13.5. The van der Waals surface area contributed by atoms with Crippen molar-refractivity contribution >= 4 is 5.78 Å². The van der Waals surface area contributed by atoms with Crippen LogP contribution in [0.2, 0.25) is 0 Å². The summed E-state index contributed by atoms with van der Waals surface area (Å²) in [4.78, 5) is 12.9. The summed E-state index contributed by atoms with van der Waals surface area (Å²) < 4.78 is 27.2. The van der Waals surface area contributed by atoms with Crippen molar-refractivity contribution in [2.45, 2.75) is 81.2 Å². The normalized spacial score (nSPS) is 32.7. The zero-order chi connectivity index (χ0) is 31.6. The van der Waals surface area contributed by atoms with Gasteiger partial charge in [-0.25, -0.2) is 0 Å². The molecule has 15 nitrogen and oxygen atoms in total. The number of ether oxygens (including phenoxy) is 5. The predicted octanol–water partition coefficient (Wildman–Crippen LogP) is -1.34. The molecule has 238 valence electrons. The molecule has 9 N–H and O–H groups in total. The third-order valence-electron chi connectivity index (χ3n) is 7.41. The summed E-state index contributed by atoms with van der Waals surface area (Å²) in [6.07, 6.45) is -15.5. The van der Waals surface area contributed by atoms with Crippen molar-refractivity contribution < 1.29 is 74.4 Å². The molecule has 15 heteroatoms. The van der Waals surface area contributed by atoms with Crippen molar-refractivity contribution in [1.82, 2.24) is 0 Å². The number of methoxy groups -OCH3 is 1. The van der Waals surface area contributed by atoms with Crippen molar-refractivity contribution in [2.75, 3.05) is 13.7 Å². The lowest BCUT2D eigenvalue weighted by Gasteiger charge is -2.45. The Bertz CT molecular complexity index is 1250. The van der Waals surface area contributed by atoms with Crippen molar-refractivity contribution in [3.8, 4) is 28.7 Å². The van der Waals surface area contributed by atoms with E-state index in [1.807, 2.05) is 0 Å². The van der Waals surface area contributed by atoms with E-state index in [1.54, 1.807) is 6.07 Å². The summed E-state index contributed by atoms with van der Waals surface area (Å²) in [6.45, 7) is 0.662. The lowest BCUT2D eigenvalue weighted by atomic mass is 9.97. The van der Waals surface area contributed by atoms with Gasteiger partial charge in [0.1, 0.15) is 59.4 Å². The molecule has 2 aliphatic rings. The maximum absolute atomic E-state index is 12.9. The van der Waals surface area contributed by atoms with E-state index in [-0.39, 0.29) is 30.1 Å². The van der Waals surface area contributed by atoms with Gasteiger partial charge >= 0.3 is 0 Å². The molecule has 0 radical (unpaired) electrons.